The van der Waals surface area contributed by atoms with Crippen molar-refractivity contribution < 1.29 is 9.53 Å². The van der Waals surface area contributed by atoms with Crippen molar-refractivity contribution in [1.29, 1.82) is 0 Å². The highest BCUT2D eigenvalue weighted by Crippen LogP contribution is 2.32. The third kappa shape index (κ3) is 3.87. The van der Waals surface area contributed by atoms with Crippen molar-refractivity contribution in [3.8, 4) is 11.1 Å². The predicted octanol–water partition coefficient (Wildman–Crippen LogP) is 3.93. The van der Waals surface area contributed by atoms with Crippen LogP contribution in [-0.2, 0) is 11.2 Å². The molecule has 1 atom stereocenters. The van der Waals surface area contributed by atoms with Crippen LogP contribution in [-0.4, -0.2) is 48.6 Å². The van der Waals surface area contributed by atoms with Crippen LogP contribution < -0.4 is 10.6 Å². The zero-order chi connectivity index (χ0) is 22.1. The number of ether oxygens (including phenoxy) is 1. The van der Waals surface area contributed by atoms with Crippen molar-refractivity contribution in [2.24, 2.45) is 0 Å². The summed E-state index contributed by atoms with van der Waals surface area (Å²) in [7, 11) is 0. The van der Waals surface area contributed by atoms with Crippen LogP contribution in [0.15, 0.2) is 60.8 Å². The third-order valence-corrected chi connectivity index (χ3v) is 6.50. The quantitative estimate of drug-likeness (QED) is 0.682. The van der Waals surface area contributed by atoms with E-state index in [0.717, 1.165) is 54.9 Å². The summed E-state index contributed by atoms with van der Waals surface area (Å²) in [5.41, 5.74) is 11.8. The third-order valence-electron chi connectivity index (χ3n) is 6.50. The van der Waals surface area contributed by atoms with E-state index in [1.165, 1.54) is 5.56 Å². The van der Waals surface area contributed by atoms with E-state index in [9.17, 15) is 4.79 Å². The summed E-state index contributed by atoms with van der Waals surface area (Å²) in [6.45, 7) is 6.49. The second-order valence-electron chi connectivity index (χ2n) is 8.37. The van der Waals surface area contributed by atoms with Gasteiger partial charge in [0, 0.05) is 37.0 Å². The largest absolute Gasteiger partial charge is 0.382 e. The monoisotopic (exact) mass is 428 g/mol. The fraction of sp³-hybridized carbons (Fsp3) is 0.308. The van der Waals surface area contributed by atoms with Crippen LogP contribution in [0.5, 0.6) is 0 Å². The van der Waals surface area contributed by atoms with Crippen LogP contribution in [0.25, 0.3) is 11.1 Å². The number of benzene rings is 2. The molecule has 2 aliphatic rings. The van der Waals surface area contributed by atoms with Crippen LogP contribution in [0.1, 0.15) is 34.5 Å². The van der Waals surface area contributed by atoms with Gasteiger partial charge in [-0.2, -0.15) is 0 Å². The lowest BCUT2D eigenvalue weighted by Gasteiger charge is -2.32. The number of aromatic nitrogens is 1. The second-order valence-corrected chi connectivity index (χ2v) is 8.37. The van der Waals surface area contributed by atoms with Crippen LogP contribution in [0.2, 0.25) is 0 Å². The van der Waals surface area contributed by atoms with E-state index in [1.807, 2.05) is 30.3 Å². The van der Waals surface area contributed by atoms with E-state index in [-0.39, 0.29) is 12.0 Å². The Balaban J connectivity index is 1.40. The SMILES string of the molecule is CCN1CCOC(c2ccc(-c3cnc(N)c(N4CCc5ccccc5C4=O)c3)cc2)C1. The van der Waals surface area contributed by atoms with Crippen LogP contribution >= 0.6 is 0 Å². The van der Waals surface area contributed by atoms with E-state index in [4.69, 9.17) is 10.5 Å². The number of nitrogens with zero attached hydrogens (tertiary/aromatic N) is 3. The number of anilines is 2. The summed E-state index contributed by atoms with van der Waals surface area (Å²) in [4.78, 5) is 21.7. The zero-order valence-electron chi connectivity index (χ0n) is 18.3. The fourth-order valence-corrected chi connectivity index (χ4v) is 4.58. The molecule has 2 aromatic carbocycles. The highest BCUT2D eigenvalue weighted by Gasteiger charge is 2.27. The van der Waals surface area contributed by atoms with Crippen molar-refractivity contribution in [2.45, 2.75) is 19.4 Å². The number of carbonyl (C=O) groups excluding carboxylic acids is 1. The van der Waals surface area contributed by atoms with E-state index in [2.05, 4.69) is 41.1 Å². The lowest BCUT2D eigenvalue weighted by atomic mass is 9.98. The molecule has 0 spiro atoms. The predicted molar refractivity (Wildman–Crippen MR) is 127 cm³/mol. The molecule has 0 aliphatic carbocycles. The number of nitrogen functional groups attached to an aromatic ring is 1. The molecule has 0 radical (unpaired) electrons. The first-order chi connectivity index (χ1) is 15.6. The van der Waals surface area contributed by atoms with Gasteiger partial charge in [-0.3, -0.25) is 9.69 Å². The topological polar surface area (TPSA) is 71.7 Å². The minimum Gasteiger partial charge on any atom is -0.382 e. The van der Waals surface area contributed by atoms with Crippen molar-refractivity contribution in [3.05, 3.63) is 77.5 Å². The average molecular weight is 429 g/mol. The second kappa shape index (κ2) is 8.73. The number of hydrogen-bond acceptors (Lipinski definition) is 5. The molecule has 3 aromatic rings. The van der Waals surface area contributed by atoms with Gasteiger partial charge in [0.1, 0.15) is 5.82 Å². The van der Waals surface area contributed by atoms with Gasteiger partial charge in [0.2, 0.25) is 0 Å². The average Bonchev–Trinajstić information content (AvgIpc) is 2.85. The lowest BCUT2D eigenvalue weighted by Crippen LogP contribution is -2.38. The Labute approximate surface area is 188 Å². The molecule has 1 aromatic heterocycles. The molecular weight excluding hydrogens is 400 g/mol. The summed E-state index contributed by atoms with van der Waals surface area (Å²) in [5.74, 6) is 0.344. The molecule has 1 amide bonds. The number of nitrogens with two attached hydrogens (primary N) is 1. The number of rotatable bonds is 4. The highest BCUT2D eigenvalue weighted by molar-refractivity contribution is 6.09. The molecule has 1 unspecified atom stereocenters. The number of morpholine rings is 1. The minimum atomic E-state index is -0.0252. The molecule has 0 saturated carbocycles. The Morgan fingerprint density at radius 1 is 1.09 bits per heavy atom. The number of amides is 1. The highest BCUT2D eigenvalue weighted by atomic mass is 16.5. The van der Waals surface area contributed by atoms with Crippen LogP contribution in [0, 0.1) is 0 Å². The Morgan fingerprint density at radius 2 is 1.91 bits per heavy atom. The van der Waals surface area contributed by atoms with Crippen molar-refractivity contribution in [3.63, 3.8) is 0 Å². The van der Waals surface area contributed by atoms with Gasteiger partial charge in [-0.25, -0.2) is 4.98 Å². The molecule has 3 heterocycles. The van der Waals surface area contributed by atoms with Crippen LogP contribution in [0.4, 0.5) is 11.5 Å². The standard InChI is InChI=1S/C26H28N4O2/c1-2-29-13-14-32-24(17-29)20-9-7-18(8-10-20)21-15-23(25(27)28-16-21)30-12-11-19-5-3-4-6-22(19)26(30)31/h3-10,15-16,24H,2,11-14,17H2,1H3,(H2,27,28). The fourth-order valence-electron chi connectivity index (χ4n) is 4.58. The van der Waals surface area contributed by atoms with Gasteiger partial charge in [0.15, 0.2) is 0 Å². The Hall–Kier alpha value is -3.22. The number of hydrogen-bond donors (Lipinski definition) is 1. The minimum absolute atomic E-state index is 0.0252. The first-order valence-corrected chi connectivity index (χ1v) is 11.2. The van der Waals surface area contributed by atoms with Gasteiger partial charge >= 0.3 is 0 Å². The Kier molecular flexibility index (Phi) is 5.64. The molecule has 2 N–H and O–H groups in total. The zero-order valence-corrected chi connectivity index (χ0v) is 18.3. The van der Waals surface area contributed by atoms with Gasteiger partial charge in [-0.1, -0.05) is 49.4 Å². The van der Waals surface area contributed by atoms with E-state index >= 15 is 0 Å². The smallest absolute Gasteiger partial charge is 0.258 e. The molecule has 6 nitrogen and oxygen atoms in total. The summed E-state index contributed by atoms with van der Waals surface area (Å²) >= 11 is 0. The number of likely N-dealkylation sites (N-methyl/N-ethyl adjacent to an activating group) is 1. The van der Waals surface area contributed by atoms with Gasteiger partial charge < -0.3 is 15.4 Å². The summed E-state index contributed by atoms with van der Waals surface area (Å²) in [6, 6.07) is 18.2. The van der Waals surface area contributed by atoms with Gasteiger partial charge in [-0.05, 0) is 41.8 Å². The van der Waals surface area contributed by atoms with Gasteiger partial charge in [0.25, 0.3) is 5.91 Å². The molecule has 0 bridgehead atoms. The number of fused-ring (bicyclic) bond motifs is 1. The summed E-state index contributed by atoms with van der Waals surface area (Å²) in [5, 5.41) is 0. The molecule has 5 rings (SSSR count). The maximum Gasteiger partial charge on any atom is 0.258 e. The first-order valence-electron chi connectivity index (χ1n) is 11.2. The molecule has 1 fully saturated rings. The van der Waals surface area contributed by atoms with Crippen molar-refractivity contribution >= 4 is 17.4 Å². The van der Waals surface area contributed by atoms with Crippen molar-refractivity contribution in [2.75, 3.05) is 43.4 Å². The normalized spacial score (nSPS) is 19.1. The molecule has 6 heteroatoms. The maximum absolute atomic E-state index is 13.1. The molecular formula is C26H28N4O2. The molecule has 164 valence electrons. The van der Waals surface area contributed by atoms with Gasteiger partial charge in [0.05, 0.1) is 18.4 Å². The summed E-state index contributed by atoms with van der Waals surface area (Å²) in [6.07, 6.45) is 2.67. The Bertz CT molecular complexity index is 1130. The Morgan fingerprint density at radius 3 is 2.72 bits per heavy atom. The van der Waals surface area contributed by atoms with E-state index in [0.29, 0.717) is 18.1 Å². The van der Waals surface area contributed by atoms with Crippen LogP contribution in [0.3, 0.4) is 0 Å². The lowest BCUT2D eigenvalue weighted by molar-refractivity contribution is -0.0281. The van der Waals surface area contributed by atoms with E-state index in [1.54, 1.807) is 11.1 Å². The first kappa shape index (κ1) is 20.7. The molecule has 32 heavy (non-hydrogen) atoms. The molecule has 2 aliphatic heterocycles. The van der Waals surface area contributed by atoms with Crippen molar-refractivity contribution in [1.82, 2.24) is 9.88 Å². The summed E-state index contributed by atoms with van der Waals surface area (Å²) < 4.78 is 5.98. The number of pyridine rings is 1. The maximum atomic E-state index is 13.1. The van der Waals surface area contributed by atoms with E-state index < -0.39 is 0 Å². The number of carbonyl (C=O) groups is 1. The van der Waals surface area contributed by atoms with Gasteiger partial charge in [-0.15, -0.1) is 0 Å². The molecule has 1 saturated heterocycles.